The van der Waals surface area contributed by atoms with E-state index in [9.17, 15) is 4.39 Å². The quantitative estimate of drug-likeness (QED) is 0.196. The number of rotatable bonds is 11. The Balaban J connectivity index is 1.44. The maximum atomic E-state index is 13.9. The number of aromatic nitrogens is 4. The first-order chi connectivity index (χ1) is 16.6. The van der Waals surface area contributed by atoms with Crippen molar-refractivity contribution in [1.29, 1.82) is 0 Å². The summed E-state index contributed by atoms with van der Waals surface area (Å²) in [6.45, 7) is 4.43. The van der Waals surface area contributed by atoms with E-state index in [0.29, 0.717) is 34.8 Å². The molecule has 4 aromatic rings. The second-order valence-electron chi connectivity index (χ2n) is 7.02. The van der Waals surface area contributed by atoms with Gasteiger partial charge < -0.3 is 14.2 Å². The first-order valence-electron chi connectivity index (χ1n) is 10.3. The minimum atomic E-state index is -0.416. The van der Waals surface area contributed by atoms with E-state index in [1.165, 1.54) is 17.8 Å². The van der Waals surface area contributed by atoms with Crippen molar-refractivity contribution in [1.82, 2.24) is 19.7 Å². The summed E-state index contributed by atoms with van der Waals surface area (Å²) in [5, 5.41) is 12.2. The smallest absolute Gasteiger partial charge is 0.191 e. The second kappa shape index (κ2) is 11.2. The Morgan fingerprint density at radius 3 is 2.68 bits per heavy atom. The van der Waals surface area contributed by atoms with Crippen molar-refractivity contribution in [2.45, 2.75) is 24.1 Å². The third-order valence-corrected chi connectivity index (χ3v) is 6.77. The fourth-order valence-corrected chi connectivity index (χ4v) is 4.94. The van der Waals surface area contributed by atoms with Crippen LogP contribution in [-0.4, -0.2) is 34.0 Å². The van der Waals surface area contributed by atoms with E-state index in [-0.39, 0.29) is 12.4 Å². The minimum absolute atomic E-state index is 0.0997. The number of nitrogens with zero attached hydrogens (tertiary/aromatic N) is 4. The molecule has 0 saturated heterocycles. The number of hydrogen-bond donors (Lipinski definition) is 0. The standard InChI is InChI=1S/C24H23FN4O3S2/c1-4-11-29-22(13-32-19-8-6-5-7-18(19)25)27-28-24(29)34-15-17-14-33-23(26-17)16-9-10-20(30-2)21(12-16)31-3/h4-10,12,14H,1,11,13,15H2,2-3H3. The van der Waals surface area contributed by atoms with E-state index in [0.717, 1.165) is 16.3 Å². The van der Waals surface area contributed by atoms with E-state index in [1.807, 2.05) is 28.1 Å². The maximum Gasteiger partial charge on any atom is 0.191 e. The van der Waals surface area contributed by atoms with Crippen LogP contribution in [0.1, 0.15) is 11.5 Å². The van der Waals surface area contributed by atoms with Crippen LogP contribution < -0.4 is 14.2 Å². The Morgan fingerprint density at radius 2 is 1.91 bits per heavy atom. The molecule has 0 radical (unpaired) electrons. The van der Waals surface area contributed by atoms with Crippen LogP contribution in [0.5, 0.6) is 17.2 Å². The summed E-state index contributed by atoms with van der Waals surface area (Å²) in [6, 6.07) is 12.0. The van der Waals surface area contributed by atoms with Crippen molar-refractivity contribution >= 4 is 23.1 Å². The number of thioether (sulfide) groups is 1. The van der Waals surface area contributed by atoms with Crippen molar-refractivity contribution in [2.24, 2.45) is 0 Å². The number of halogens is 1. The van der Waals surface area contributed by atoms with Crippen molar-refractivity contribution in [3.63, 3.8) is 0 Å². The van der Waals surface area contributed by atoms with Crippen LogP contribution >= 0.6 is 23.1 Å². The monoisotopic (exact) mass is 498 g/mol. The van der Waals surface area contributed by atoms with E-state index in [4.69, 9.17) is 19.2 Å². The van der Waals surface area contributed by atoms with Gasteiger partial charge in [-0.15, -0.1) is 28.1 Å². The number of para-hydroxylation sites is 1. The van der Waals surface area contributed by atoms with Crippen LogP contribution in [0.2, 0.25) is 0 Å². The highest BCUT2D eigenvalue weighted by Gasteiger charge is 2.15. The lowest BCUT2D eigenvalue weighted by atomic mass is 10.2. The third kappa shape index (κ3) is 5.40. The molecule has 2 heterocycles. The van der Waals surface area contributed by atoms with Crippen molar-refractivity contribution in [3.8, 4) is 27.8 Å². The molecule has 0 aliphatic heterocycles. The molecular formula is C24H23FN4O3S2. The fourth-order valence-electron chi connectivity index (χ4n) is 3.16. The molecule has 0 fully saturated rings. The van der Waals surface area contributed by atoms with Crippen LogP contribution in [0.25, 0.3) is 10.6 Å². The van der Waals surface area contributed by atoms with Gasteiger partial charge in [0.15, 0.2) is 34.0 Å². The van der Waals surface area contributed by atoms with Gasteiger partial charge in [-0.3, -0.25) is 4.57 Å². The van der Waals surface area contributed by atoms with Crippen LogP contribution in [-0.2, 0) is 18.9 Å². The summed E-state index contributed by atoms with van der Waals surface area (Å²) >= 11 is 3.08. The average molecular weight is 499 g/mol. The molecule has 10 heteroatoms. The molecule has 2 aromatic heterocycles. The molecule has 2 aromatic carbocycles. The lowest BCUT2D eigenvalue weighted by Gasteiger charge is -2.09. The normalized spacial score (nSPS) is 10.8. The third-order valence-electron chi connectivity index (χ3n) is 4.83. The van der Waals surface area contributed by atoms with E-state index < -0.39 is 5.82 Å². The highest BCUT2D eigenvalue weighted by atomic mass is 32.2. The molecule has 7 nitrogen and oxygen atoms in total. The van der Waals surface area contributed by atoms with Gasteiger partial charge in [-0.1, -0.05) is 30.0 Å². The molecule has 0 spiro atoms. The summed E-state index contributed by atoms with van der Waals surface area (Å²) in [4.78, 5) is 4.75. The molecule has 4 rings (SSSR count). The van der Waals surface area contributed by atoms with Crippen LogP contribution in [0.4, 0.5) is 4.39 Å². The maximum absolute atomic E-state index is 13.9. The highest BCUT2D eigenvalue weighted by molar-refractivity contribution is 7.98. The topological polar surface area (TPSA) is 71.3 Å². The van der Waals surface area contributed by atoms with Gasteiger partial charge in [-0.2, -0.15) is 0 Å². The Morgan fingerprint density at radius 1 is 1.09 bits per heavy atom. The van der Waals surface area contributed by atoms with Gasteiger partial charge in [0.1, 0.15) is 11.6 Å². The SMILES string of the molecule is C=CCn1c(COc2ccccc2F)nnc1SCc1csc(-c2ccc(OC)c(OC)c2)n1. The summed E-state index contributed by atoms with van der Waals surface area (Å²) in [5.41, 5.74) is 1.89. The van der Waals surface area contributed by atoms with Gasteiger partial charge in [-0.25, -0.2) is 9.37 Å². The molecule has 0 unspecified atom stereocenters. The van der Waals surface area contributed by atoms with Crippen LogP contribution in [0.15, 0.2) is 65.7 Å². The van der Waals surface area contributed by atoms with Crippen molar-refractivity contribution < 1.29 is 18.6 Å². The van der Waals surface area contributed by atoms with Crippen molar-refractivity contribution in [2.75, 3.05) is 14.2 Å². The first-order valence-corrected chi connectivity index (χ1v) is 12.2. The van der Waals surface area contributed by atoms with Gasteiger partial charge in [0.2, 0.25) is 0 Å². The molecule has 0 bridgehead atoms. The highest BCUT2D eigenvalue weighted by Crippen LogP contribution is 2.34. The molecule has 0 aliphatic carbocycles. The molecule has 34 heavy (non-hydrogen) atoms. The zero-order valence-electron chi connectivity index (χ0n) is 18.7. The number of thiazole rings is 1. The van der Waals surface area contributed by atoms with Crippen LogP contribution in [0.3, 0.4) is 0 Å². The zero-order valence-corrected chi connectivity index (χ0v) is 20.4. The minimum Gasteiger partial charge on any atom is -0.493 e. The molecule has 0 atom stereocenters. The predicted octanol–water partition coefficient (Wildman–Crippen LogP) is 5.62. The largest absolute Gasteiger partial charge is 0.493 e. The Bertz CT molecular complexity index is 1270. The Labute approximate surface area is 205 Å². The van der Waals surface area contributed by atoms with Gasteiger partial charge in [0.25, 0.3) is 0 Å². The van der Waals surface area contributed by atoms with Gasteiger partial charge in [0.05, 0.1) is 19.9 Å². The number of methoxy groups -OCH3 is 2. The molecular weight excluding hydrogens is 475 g/mol. The second-order valence-corrected chi connectivity index (χ2v) is 8.82. The number of benzene rings is 2. The summed E-state index contributed by atoms with van der Waals surface area (Å²) in [7, 11) is 3.22. The molecule has 0 saturated carbocycles. The van der Waals surface area contributed by atoms with Gasteiger partial charge >= 0.3 is 0 Å². The van der Waals surface area contributed by atoms with Crippen LogP contribution in [0, 0.1) is 5.82 Å². The lowest BCUT2D eigenvalue weighted by molar-refractivity contribution is 0.275. The lowest BCUT2D eigenvalue weighted by Crippen LogP contribution is -2.08. The fraction of sp³-hybridized carbons (Fsp3) is 0.208. The molecule has 0 aliphatic rings. The predicted molar refractivity (Wildman–Crippen MR) is 131 cm³/mol. The average Bonchev–Trinajstić information content (AvgIpc) is 3.49. The number of ether oxygens (including phenoxy) is 3. The summed E-state index contributed by atoms with van der Waals surface area (Å²) in [6.07, 6.45) is 1.76. The van der Waals surface area contributed by atoms with E-state index >= 15 is 0 Å². The number of hydrogen-bond acceptors (Lipinski definition) is 8. The summed E-state index contributed by atoms with van der Waals surface area (Å²) < 4.78 is 32.1. The van der Waals surface area contributed by atoms with E-state index in [1.54, 1.807) is 49.8 Å². The molecule has 0 amide bonds. The summed E-state index contributed by atoms with van der Waals surface area (Å²) in [5.74, 6) is 2.31. The molecule has 0 N–H and O–H groups in total. The Hall–Kier alpha value is -3.37. The Kier molecular flexibility index (Phi) is 7.81. The van der Waals surface area contributed by atoms with Gasteiger partial charge in [-0.05, 0) is 30.3 Å². The van der Waals surface area contributed by atoms with Crippen molar-refractivity contribution in [3.05, 3.63) is 77.8 Å². The zero-order chi connectivity index (χ0) is 23.9. The van der Waals surface area contributed by atoms with E-state index in [2.05, 4.69) is 16.8 Å². The van der Waals surface area contributed by atoms with Gasteiger partial charge in [0, 0.05) is 23.2 Å². The molecule has 176 valence electrons. The number of allylic oxidation sites excluding steroid dienone is 1. The first kappa shape index (κ1) is 23.8.